The van der Waals surface area contributed by atoms with Crippen molar-refractivity contribution in [3.63, 3.8) is 0 Å². The second-order valence-corrected chi connectivity index (χ2v) is 7.69. The number of carbonyl (C=O) groups excluding carboxylic acids is 1. The zero-order valence-corrected chi connectivity index (χ0v) is 15.2. The fourth-order valence-electron chi connectivity index (χ4n) is 2.45. The van der Waals surface area contributed by atoms with Gasteiger partial charge >= 0.3 is 0 Å². The number of rotatable bonds is 2. The molecule has 2 aliphatic rings. The molecule has 2 aromatic rings. The van der Waals surface area contributed by atoms with Crippen molar-refractivity contribution in [1.82, 2.24) is 15.1 Å². The summed E-state index contributed by atoms with van der Waals surface area (Å²) in [4.78, 5) is 19.1. The molecule has 1 amide bonds. The molecule has 1 aromatic carbocycles. The van der Waals surface area contributed by atoms with Gasteiger partial charge in [-0.2, -0.15) is 4.99 Å². The van der Waals surface area contributed by atoms with E-state index in [4.69, 9.17) is 4.74 Å². The van der Waals surface area contributed by atoms with E-state index in [2.05, 4.69) is 15.2 Å². The molecule has 2 aliphatic heterocycles. The molecule has 8 heteroatoms. The predicted octanol–water partition coefficient (Wildman–Crippen LogP) is 3.40. The maximum Gasteiger partial charge on any atom is 0.266 e. The molecule has 3 heterocycles. The van der Waals surface area contributed by atoms with Gasteiger partial charge in [-0.15, -0.1) is 10.2 Å². The molecule has 0 radical (unpaired) electrons. The fourth-order valence-corrected chi connectivity index (χ4v) is 4.05. The highest BCUT2D eigenvalue weighted by Crippen LogP contribution is 2.34. The number of aryl methyl sites for hydroxylation is 1. The monoisotopic (exact) mass is 370 g/mol. The van der Waals surface area contributed by atoms with Crippen LogP contribution in [0.15, 0.2) is 45.8 Å². The van der Waals surface area contributed by atoms with E-state index in [9.17, 15) is 4.79 Å². The SMILES string of the molecule is Cc1nnc(N=C2S/C(=C/C3=Cc4ccccc4OC3)C(=O)N2C)s1. The van der Waals surface area contributed by atoms with Crippen LogP contribution >= 0.6 is 23.1 Å². The minimum absolute atomic E-state index is 0.0789. The second kappa shape index (κ2) is 6.45. The van der Waals surface area contributed by atoms with Crippen LogP contribution in [-0.2, 0) is 4.79 Å². The van der Waals surface area contributed by atoms with Crippen molar-refractivity contribution in [2.24, 2.45) is 4.99 Å². The number of thioether (sulfide) groups is 1. The summed E-state index contributed by atoms with van der Waals surface area (Å²) in [6, 6.07) is 7.84. The second-order valence-electron chi connectivity index (χ2n) is 5.52. The lowest BCUT2D eigenvalue weighted by Gasteiger charge is -2.15. The van der Waals surface area contributed by atoms with Crippen LogP contribution in [0.25, 0.3) is 6.08 Å². The van der Waals surface area contributed by atoms with Crippen LogP contribution in [-0.4, -0.2) is 39.8 Å². The van der Waals surface area contributed by atoms with E-state index in [0.717, 1.165) is 21.9 Å². The quantitative estimate of drug-likeness (QED) is 0.758. The number of benzene rings is 1. The van der Waals surface area contributed by atoms with E-state index < -0.39 is 0 Å². The van der Waals surface area contributed by atoms with E-state index in [1.54, 1.807) is 7.05 Å². The lowest BCUT2D eigenvalue weighted by Crippen LogP contribution is -2.23. The van der Waals surface area contributed by atoms with Crippen molar-refractivity contribution in [2.45, 2.75) is 6.92 Å². The molecule has 0 unspecified atom stereocenters. The van der Waals surface area contributed by atoms with Gasteiger partial charge in [-0.05, 0) is 42.5 Å². The summed E-state index contributed by atoms with van der Waals surface area (Å²) in [7, 11) is 1.71. The number of aliphatic imine (C=N–C) groups is 1. The maximum atomic E-state index is 12.5. The highest BCUT2D eigenvalue weighted by Gasteiger charge is 2.31. The summed E-state index contributed by atoms with van der Waals surface area (Å²) >= 11 is 2.73. The van der Waals surface area contributed by atoms with E-state index in [0.29, 0.717) is 21.8 Å². The number of para-hydroxylation sites is 1. The first kappa shape index (κ1) is 16.0. The number of likely N-dealkylation sites (N-methyl/N-ethyl adjacent to an activating group) is 1. The molecule has 25 heavy (non-hydrogen) atoms. The number of amides is 1. The lowest BCUT2D eigenvalue weighted by molar-refractivity contribution is -0.121. The Kier molecular flexibility index (Phi) is 4.14. The lowest BCUT2D eigenvalue weighted by atomic mass is 10.1. The molecular formula is C17H14N4O2S2. The molecule has 1 aromatic heterocycles. The molecule has 0 saturated carbocycles. The minimum Gasteiger partial charge on any atom is -0.488 e. The number of carbonyl (C=O) groups is 1. The molecule has 0 atom stereocenters. The van der Waals surface area contributed by atoms with Gasteiger partial charge in [-0.25, -0.2) is 0 Å². The molecule has 0 aliphatic carbocycles. The normalized spacial score (nSPS) is 20.0. The van der Waals surface area contributed by atoms with Gasteiger partial charge in [0.25, 0.3) is 5.91 Å². The third-order valence-electron chi connectivity index (χ3n) is 3.68. The predicted molar refractivity (Wildman–Crippen MR) is 100 cm³/mol. The van der Waals surface area contributed by atoms with E-state index in [1.165, 1.54) is 28.0 Å². The summed E-state index contributed by atoms with van der Waals surface area (Å²) in [6.07, 6.45) is 3.91. The number of amidine groups is 1. The van der Waals surface area contributed by atoms with Gasteiger partial charge in [-0.1, -0.05) is 29.5 Å². The Hall–Kier alpha value is -2.45. The zero-order chi connectivity index (χ0) is 17.4. The largest absolute Gasteiger partial charge is 0.488 e. The number of ether oxygens (including phenoxy) is 1. The van der Waals surface area contributed by atoms with Gasteiger partial charge < -0.3 is 4.74 Å². The van der Waals surface area contributed by atoms with Crippen molar-refractivity contribution in [1.29, 1.82) is 0 Å². The molecule has 4 rings (SSSR count). The minimum atomic E-state index is -0.0789. The van der Waals surface area contributed by atoms with E-state index in [1.807, 2.05) is 43.3 Å². The van der Waals surface area contributed by atoms with Crippen LogP contribution in [0.5, 0.6) is 5.75 Å². The van der Waals surface area contributed by atoms with Crippen LogP contribution in [0, 0.1) is 6.92 Å². The Balaban J connectivity index is 1.61. The van der Waals surface area contributed by atoms with Crippen LogP contribution in [0.3, 0.4) is 0 Å². The highest BCUT2D eigenvalue weighted by atomic mass is 32.2. The first-order chi connectivity index (χ1) is 12.1. The number of nitrogens with zero attached hydrogens (tertiary/aromatic N) is 4. The standard InChI is InChI=1S/C17H14N4O2S2/c1-10-19-20-16(24-10)18-17-21(2)15(22)14(25-17)8-11-7-12-5-3-4-6-13(12)23-9-11/h3-8H,9H2,1-2H3/b14-8+,18-17?. The highest BCUT2D eigenvalue weighted by molar-refractivity contribution is 8.18. The number of hydrogen-bond acceptors (Lipinski definition) is 7. The molecule has 1 saturated heterocycles. The average Bonchev–Trinajstić information content (AvgIpc) is 3.14. The van der Waals surface area contributed by atoms with Crippen LogP contribution in [0.2, 0.25) is 0 Å². The third kappa shape index (κ3) is 3.22. The first-order valence-corrected chi connectivity index (χ1v) is 9.22. The molecule has 6 nitrogen and oxygen atoms in total. The Morgan fingerprint density at radius 3 is 2.96 bits per heavy atom. The van der Waals surface area contributed by atoms with Crippen LogP contribution in [0.4, 0.5) is 5.13 Å². The first-order valence-electron chi connectivity index (χ1n) is 7.59. The number of aromatic nitrogens is 2. The van der Waals surface area contributed by atoms with Gasteiger partial charge in [0.15, 0.2) is 5.17 Å². The van der Waals surface area contributed by atoms with Crippen molar-refractivity contribution < 1.29 is 9.53 Å². The van der Waals surface area contributed by atoms with Crippen LogP contribution < -0.4 is 4.74 Å². The Morgan fingerprint density at radius 2 is 2.16 bits per heavy atom. The van der Waals surface area contributed by atoms with Gasteiger partial charge in [0, 0.05) is 12.6 Å². The van der Waals surface area contributed by atoms with Gasteiger partial charge in [0.05, 0.1) is 4.91 Å². The molecule has 0 N–H and O–H groups in total. The molecule has 126 valence electrons. The van der Waals surface area contributed by atoms with Gasteiger partial charge in [-0.3, -0.25) is 9.69 Å². The van der Waals surface area contributed by atoms with Crippen LogP contribution in [0.1, 0.15) is 10.6 Å². The summed E-state index contributed by atoms with van der Waals surface area (Å²) in [5.74, 6) is 0.783. The number of fused-ring (bicyclic) bond motifs is 1. The van der Waals surface area contributed by atoms with Gasteiger partial charge in [0.1, 0.15) is 17.4 Å². The van der Waals surface area contributed by atoms with E-state index in [-0.39, 0.29) is 5.91 Å². The fraction of sp³-hybridized carbons (Fsp3) is 0.176. The summed E-state index contributed by atoms with van der Waals surface area (Å²) in [5, 5.41) is 9.92. The summed E-state index contributed by atoms with van der Waals surface area (Å²) < 4.78 is 5.74. The topological polar surface area (TPSA) is 67.7 Å². The Labute approximate surface area is 152 Å². The van der Waals surface area contributed by atoms with Gasteiger partial charge in [0.2, 0.25) is 5.13 Å². The number of hydrogen-bond donors (Lipinski definition) is 0. The summed E-state index contributed by atoms with van der Waals surface area (Å²) in [5.41, 5.74) is 1.97. The molecule has 1 fully saturated rings. The molecular weight excluding hydrogens is 356 g/mol. The smallest absolute Gasteiger partial charge is 0.266 e. The average molecular weight is 370 g/mol. The third-order valence-corrected chi connectivity index (χ3v) is 5.47. The Bertz CT molecular complexity index is 946. The van der Waals surface area contributed by atoms with Crippen molar-refractivity contribution in [3.05, 3.63) is 51.4 Å². The zero-order valence-electron chi connectivity index (χ0n) is 13.6. The summed E-state index contributed by atoms with van der Waals surface area (Å²) in [6.45, 7) is 2.32. The molecule has 0 spiro atoms. The van der Waals surface area contributed by atoms with E-state index >= 15 is 0 Å². The molecule has 0 bridgehead atoms. The van der Waals surface area contributed by atoms with Crippen molar-refractivity contribution in [2.75, 3.05) is 13.7 Å². The maximum absolute atomic E-state index is 12.5. The Morgan fingerprint density at radius 1 is 1.32 bits per heavy atom. The van der Waals surface area contributed by atoms with Crippen molar-refractivity contribution in [3.8, 4) is 5.75 Å². The van der Waals surface area contributed by atoms with Crippen molar-refractivity contribution >= 4 is 45.4 Å².